The van der Waals surface area contributed by atoms with Crippen LogP contribution in [-0.2, 0) is 21.3 Å². The Labute approximate surface area is 127 Å². The van der Waals surface area contributed by atoms with Crippen molar-refractivity contribution in [2.75, 3.05) is 20.3 Å². The van der Waals surface area contributed by atoms with Gasteiger partial charge in [-0.1, -0.05) is 6.07 Å². The van der Waals surface area contributed by atoms with Gasteiger partial charge in [-0.2, -0.15) is 0 Å². The molecule has 1 fully saturated rings. The summed E-state index contributed by atoms with van der Waals surface area (Å²) in [6.45, 7) is 5.69. The lowest BCUT2D eigenvalue weighted by Gasteiger charge is -2.23. The summed E-state index contributed by atoms with van der Waals surface area (Å²) in [5.41, 5.74) is 2.79. The highest BCUT2D eigenvalue weighted by molar-refractivity contribution is 7.89. The van der Waals surface area contributed by atoms with Crippen LogP contribution in [-0.4, -0.2) is 34.7 Å². The topological polar surface area (TPSA) is 67.4 Å². The van der Waals surface area contributed by atoms with Crippen LogP contribution in [0.4, 0.5) is 0 Å². The number of rotatable bonds is 5. The molecule has 0 aromatic heterocycles. The van der Waals surface area contributed by atoms with Crippen molar-refractivity contribution in [1.82, 2.24) is 10.0 Å². The molecule has 5 nitrogen and oxygen atoms in total. The molecule has 0 atom stereocenters. The van der Waals surface area contributed by atoms with Crippen molar-refractivity contribution in [3.8, 4) is 0 Å². The first kappa shape index (κ1) is 16.4. The van der Waals surface area contributed by atoms with Gasteiger partial charge in [0.2, 0.25) is 10.0 Å². The molecule has 2 rings (SSSR count). The normalized spacial score (nSPS) is 17.1. The average molecular weight is 312 g/mol. The van der Waals surface area contributed by atoms with E-state index in [2.05, 4.69) is 10.0 Å². The van der Waals surface area contributed by atoms with E-state index < -0.39 is 10.0 Å². The molecule has 0 unspecified atom stereocenters. The van der Waals surface area contributed by atoms with Crippen LogP contribution in [0.2, 0.25) is 0 Å². The third kappa shape index (κ3) is 4.03. The van der Waals surface area contributed by atoms with Gasteiger partial charge in [0.1, 0.15) is 0 Å². The van der Waals surface area contributed by atoms with E-state index in [1.807, 2.05) is 27.0 Å². The number of nitrogens with one attached hydrogen (secondary N) is 2. The summed E-state index contributed by atoms with van der Waals surface area (Å²) in [7, 11) is -1.64. The number of sulfonamides is 1. The Kier molecular flexibility index (Phi) is 5.37. The Morgan fingerprint density at radius 1 is 1.24 bits per heavy atom. The van der Waals surface area contributed by atoms with Gasteiger partial charge in [0.15, 0.2) is 0 Å². The van der Waals surface area contributed by atoms with Gasteiger partial charge < -0.3 is 10.1 Å². The van der Waals surface area contributed by atoms with Crippen LogP contribution < -0.4 is 10.0 Å². The quantitative estimate of drug-likeness (QED) is 0.864. The van der Waals surface area contributed by atoms with E-state index >= 15 is 0 Å². The third-order valence-electron chi connectivity index (χ3n) is 3.89. The number of ether oxygens (including phenoxy) is 1. The van der Waals surface area contributed by atoms with Gasteiger partial charge in [-0.3, -0.25) is 0 Å². The first-order valence-electron chi connectivity index (χ1n) is 7.29. The van der Waals surface area contributed by atoms with Crippen molar-refractivity contribution < 1.29 is 13.2 Å². The SMILES string of the molecule is CNCc1cc(C)c(C)c(S(=O)(=O)NC2CCOCC2)c1. The van der Waals surface area contributed by atoms with Crippen molar-refractivity contribution in [2.45, 2.75) is 44.2 Å². The lowest BCUT2D eigenvalue weighted by atomic mass is 10.1. The van der Waals surface area contributed by atoms with Gasteiger partial charge in [0.25, 0.3) is 0 Å². The molecule has 0 bridgehead atoms. The average Bonchev–Trinajstić information content (AvgIpc) is 2.43. The molecule has 0 saturated carbocycles. The zero-order chi connectivity index (χ0) is 15.5. The summed E-state index contributed by atoms with van der Waals surface area (Å²) in [6, 6.07) is 3.76. The van der Waals surface area contributed by atoms with Gasteiger partial charge in [-0.15, -0.1) is 0 Å². The molecular weight excluding hydrogens is 288 g/mol. The van der Waals surface area contributed by atoms with Gasteiger partial charge in [0.05, 0.1) is 4.90 Å². The molecule has 1 aromatic rings. The van der Waals surface area contributed by atoms with E-state index in [9.17, 15) is 8.42 Å². The Hall–Kier alpha value is -0.950. The Morgan fingerprint density at radius 2 is 1.90 bits per heavy atom. The second kappa shape index (κ2) is 6.87. The number of hydrogen-bond acceptors (Lipinski definition) is 4. The molecule has 0 aliphatic carbocycles. The highest BCUT2D eigenvalue weighted by Crippen LogP contribution is 2.22. The largest absolute Gasteiger partial charge is 0.381 e. The van der Waals surface area contributed by atoms with Crippen LogP contribution in [0, 0.1) is 13.8 Å². The van der Waals surface area contributed by atoms with Crippen molar-refractivity contribution in [3.05, 3.63) is 28.8 Å². The summed E-state index contributed by atoms with van der Waals surface area (Å²) >= 11 is 0. The number of aryl methyl sites for hydroxylation is 1. The van der Waals surface area contributed by atoms with Crippen LogP contribution in [0.1, 0.15) is 29.5 Å². The first-order chi connectivity index (χ1) is 9.94. The van der Waals surface area contributed by atoms with Crippen LogP contribution >= 0.6 is 0 Å². The first-order valence-corrected chi connectivity index (χ1v) is 8.77. The lowest BCUT2D eigenvalue weighted by Crippen LogP contribution is -2.39. The predicted molar refractivity (Wildman–Crippen MR) is 82.8 cm³/mol. The molecule has 0 spiro atoms. The zero-order valence-corrected chi connectivity index (χ0v) is 13.7. The molecule has 2 N–H and O–H groups in total. The molecule has 1 aliphatic heterocycles. The van der Waals surface area contributed by atoms with Gasteiger partial charge in [0, 0.05) is 25.8 Å². The smallest absolute Gasteiger partial charge is 0.241 e. The summed E-state index contributed by atoms with van der Waals surface area (Å²) in [5, 5.41) is 3.06. The molecule has 1 saturated heterocycles. The van der Waals surface area contributed by atoms with Crippen LogP contribution in [0.25, 0.3) is 0 Å². The third-order valence-corrected chi connectivity index (χ3v) is 5.54. The summed E-state index contributed by atoms with van der Waals surface area (Å²) in [4.78, 5) is 0.388. The van der Waals surface area contributed by atoms with Crippen molar-refractivity contribution in [3.63, 3.8) is 0 Å². The van der Waals surface area contributed by atoms with Gasteiger partial charge in [-0.05, 0) is 56.5 Å². The zero-order valence-electron chi connectivity index (χ0n) is 12.9. The summed E-state index contributed by atoms with van der Waals surface area (Å²) < 4.78 is 33.4. The maximum Gasteiger partial charge on any atom is 0.241 e. The monoisotopic (exact) mass is 312 g/mol. The minimum Gasteiger partial charge on any atom is -0.381 e. The highest BCUT2D eigenvalue weighted by atomic mass is 32.2. The standard InChI is InChI=1S/C15H24N2O3S/c1-11-8-13(10-16-3)9-15(12(11)2)21(18,19)17-14-4-6-20-7-5-14/h8-9,14,16-17H,4-7,10H2,1-3H3. The van der Waals surface area contributed by atoms with Crippen LogP contribution in [0.15, 0.2) is 17.0 Å². The van der Waals surface area contributed by atoms with Crippen molar-refractivity contribution in [1.29, 1.82) is 0 Å². The maximum atomic E-state index is 12.7. The highest BCUT2D eigenvalue weighted by Gasteiger charge is 2.24. The predicted octanol–water partition coefficient (Wildman–Crippen LogP) is 1.48. The molecule has 1 heterocycles. The minimum absolute atomic E-state index is 0.0311. The fourth-order valence-corrected chi connectivity index (χ4v) is 4.25. The molecule has 0 radical (unpaired) electrons. The Morgan fingerprint density at radius 3 is 2.52 bits per heavy atom. The van der Waals surface area contributed by atoms with E-state index in [0.29, 0.717) is 24.7 Å². The molecular formula is C15H24N2O3S. The van der Waals surface area contributed by atoms with Crippen LogP contribution in [0.5, 0.6) is 0 Å². The van der Waals surface area contributed by atoms with E-state index in [4.69, 9.17) is 4.74 Å². The van der Waals surface area contributed by atoms with E-state index in [1.54, 1.807) is 6.07 Å². The molecule has 1 aromatic carbocycles. The fraction of sp³-hybridized carbons (Fsp3) is 0.600. The second-order valence-electron chi connectivity index (χ2n) is 5.57. The second-order valence-corrected chi connectivity index (χ2v) is 7.26. The summed E-state index contributed by atoms with van der Waals surface area (Å²) in [6.07, 6.45) is 1.46. The fourth-order valence-electron chi connectivity index (χ4n) is 2.58. The number of hydrogen-bond donors (Lipinski definition) is 2. The van der Waals surface area contributed by atoms with E-state index in [0.717, 1.165) is 29.5 Å². The minimum atomic E-state index is -3.49. The van der Waals surface area contributed by atoms with Crippen molar-refractivity contribution >= 4 is 10.0 Å². The van der Waals surface area contributed by atoms with E-state index in [1.165, 1.54) is 0 Å². The Balaban J connectivity index is 2.29. The van der Waals surface area contributed by atoms with E-state index in [-0.39, 0.29) is 6.04 Å². The van der Waals surface area contributed by atoms with Crippen LogP contribution in [0.3, 0.4) is 0 Å². The van der Waals surface area contributed by atoms with Crippen molar-refractivity contribution in [2.24, 2.45) is 0 Å². The maximum absolute atomic E-state index is 12.7. The molecule has 6 heteroatoms. The van der Waals surface area contributed by atoms with Gasteiger partial charge in [-0.25, -0.2) is 13.1 Å². The Bertz CT molecular complexity index is 593. The summed E-state index contributed by atoms with van der Waals surface area (Å²) in [5.74, 6) is 0. The molecule has 118 valence electrons. The molecule has 21 heavy (non-hydrogen) atoms. The lowest BCUT2D eigenvalue weighted by molar-refractivity contribution is 0.0832. The molecule has 1 aliphatic rings. The molecule has 0 amide bonds. The number of benzene rings is 1. The van der Waals surface area contributed by atoms with Gasteiger partial charge >= 0.3 is 0 Å².